The molecule has 0 unspecified atom stereocenters. The molecule has 6 aromatic rings. The summed E-state index contributed by atoms with van der Waals surface area (Å²) >= 11 is 7.01. The van der Waals surface area contributed by atoms with Gasteiger partial charge < -0.3 is 49.6 Å². The van der Waals surface area contributed by atoms with Crippen molar-refractivity contribution < 1.29 is 39.8 Å². The molecule has 0 spiro atoms. The van der Waals surface area contributed by atoms with E-state index in [1.54, 1.807) is 0 Å². The Bertz CT molecular complexity index is 2120. The number of hydrogen-bond donors (Lipinski definition) is 0. The molecule has 6 rings (SSSR count). The minimum absolute atomic E-state index is 0. The molecule has 11 nitrogen and oxygen atoms in total. The second-order valence-electron chi connectivity index (χ2n) is 15.3. The lowest BCUT2D eigenvalue weighted by Gasteiger charge is -2.31. The minimum Gasteiger partial charge on any atom is -0.370 e. The van der Waals surface area contributed by atoms with Gasteiger partial charge in [-0.15, -0.1) is 24.0 Å². The summed E-state index contributed by atoms with van der Waals surface area (Å²) in [4.78, 5) is 4.47. The summed E-state index contributed by atoms with van der Waals surface area (Å²) in [6.45, 7) is 22.1. The van der Waals surface area contributed by atoms with E-state index in [0.29, 0.717) is 59.5 Å². The standard InChI is InChI=1S/C36H57NO9Si3.C18H12I3N.CH4.HI/c1-10-38-47(39-11-2,40-12-3)34-25-19-31(20-26-34)37(32-21-27-35(28-22-32)48(41-13-4,42-14-5)43-15-6)33-23-29-36(30-24-33)49(44-16-7,45-17-8)46-18-9;19-13-1-7-16(8-2-13)22(17-9-3-14(20)4-10-17)18-11-5-15(21)6-12-18;;/h19-30H,10-18H2,1-9H3;1-12H;1H4;1H. The maximum absolute atomic E-state index is 6.19. The lowest BCUT2D eigenvalue weighted by molar-refractivity contribution is 0.0851. The Hall–Kier alpha value is -1.87. The van der Waals surface area contributed by atoms with Crippen molar-refractivity contribution >= 4 is 168 Å². The fourth-order valence-electron chi connectivity index (χ4n) is 7.94. The second-order valence-corrected chi connectivity index (χ2v) is 26.7. The first kappa shape index (κ1) is 65.4. The van der Waals surface area contributed by atoms with E-state index in [1.807, 2.05) is 98.7 Å². The SMILES string of the molecule is C.CCO[Si](OCC)(OCC)c1ccc(N(c2ccc([Si](OCC)(OCC)OCC)cc2)c2ccc([Si](OCC)(OCC)OCC)cc2)cc1.I.Ic1ccc(N(c2ccc(I)cc2)c2ccc(I)cc2)cc1. The third kappa shape index (κ3) is 17.6. The van der Waals surface area contributed by atoms with Crippen molar-refractivity contribution in [3.8, 4) is 0 Å². The highest BCUT2D eigenvalue weighted by molar-refractivity contribution is 14.1. The van der Waals surface area contributed by atoms with Crippen LogP contribution in [0, 0.1) is 10.7 Å². The van der Waals surface area contributed by atoms with Gasteiger partial charge in [-0.2, -0.15) is 0 Å². The van der Waals surface area contributed by atoms with Crippen molar-refractivity contribution in [3.63, 3.8) is 0 Å². The number of anilines is 6. The van der Waals surface area contributed by atoms with Crippen LogP contribution in [0.25, 0.3) is 0 Å². The van der Waals surface area contributed by atoms with Crippen LogP contribution in [-0.2, 0) is 39.8 Å². The second kappa shape index (κ2) is 33.4. The lowest BCUT2D eigenvalue weighted by atomic mass is 10.2. The molecule has 0 saturated carbocycles. The first-order chi connectivity index (χ1) is 34.4. The maximum atomic E-state index is 6.19. The van der Waals surface area contributed by atoms with E-state index in [1.165, 1.54) is 27.8 Å². The first-order valence-electron chi connectivity index (χ1n) is 24.4. The normalized spacial score (nSPS) is 11.5. The molecule has 0 bridgehead atoms. The van der Waals surface area contributed by atoms with Crippen LogP contribution in [0.2, 0.25) is 0 Å². The van der Waals surface area contributed by atoms with Crippen LogP contribution in [0.4, 0.5) is 34.1 Å². The van der Waals surface area contributed by atoms with Gasteiger partial charge in [0.15, 0.2) is 0 Å². The predicted octanol–water partition coefficient (Wildman–Crippen LogP) is 14.1. The molecule has 0 aliphatic carbocycles. The minimum atomic E-state index is -3.09. The summed E-state index contributed by atoms with van der Waals surface area (Å²) in [6.07, 6.45) is 0. The van der Waals surface area contributed by atoms with E-state index in [2.05, 4.69) is 187 Å². The molecule has 0 aliphatic heterocycles. The zero-order valence-electron chi connectivity index (χ0n) is 42.8. The highest BCUT2D eigenvalue weighted by Gasteiger charge is 2.45. The van der Waals surface area contributed by atoms with Crippen molar-refractivity contribution in [2.45, 2.75) is 69.7 Å². The van der Waals surface area contributed by atoms with Crippen LogP contribution in [0.5, 0.6) is 0 Å². The summed E-state index contributed by atoms with van der Waals surface area (Å²) in [6, 6.07) is 50.6. The molecule has 0 aromatic heterocycles. The monoisotopic (exact) mass is 1500 g/mol. The summed E-state index contributed by atoms with van der Waals surface area (Å²) < 4.78 is 59.5. The van der Waals surface area contributed by atoms with Gasteiger partial charge in [0.05, 0.1) is 0 Å². The number of rotatable bonds is 27. The summed E-state index contributed by atoms with van der Waals surface area (Å²) in [5.41, 5.74) is 6.35. The zero-order chi connectivity index (χ0) is 51.3. The van der Waals surface area contributed by atoms with E-state index in [-0.39, 0.29) is 31.4 Å². The average Bonchev–Trinajstić information content (AvgIpc) is 3.37. The third-order valence-electron chi connectivity index (χ3n) is 10.7. The Morgan fingerprint density at radius 2 is 0.411 bits per heavy atom. The Morgan fingerprint density at radius 1 is 0.274 bits per heavy atom. The molecule has 0 heterocycles. The van der Waals surface area contributed by atoms with Crippen LogP contribution >= 0.6 is 91.7 Å². The average molecular weight is 1500 g/mol. The van der Waals surface area contributed by atoms with E-state index >= 15 is 0 Å². The van der Waals surface area contributed by atoms with Crippen molar-refractivity contribution in [2.24, 2.45) is 0 Å². The van der Waals surface area contributed by atoms with Gasteiger partial charge >= 0.3 is 26.4 Å². The largest absolute Gasteiger partial charge is 0.537 e. The number of hydrogen-bond acceptors (Lipinski definition) is 11. The quantitative estimate of drug-likeness (QED) is 0.0365. The highest BCUT2D eigenvalue weighted by Crippen LogP contribution is 2.36. The number of halogens is 4. The van der Waals surface area contributed by atoms with Gasteiger partial charge in [-0.1, -0.05) is 43.8 Å². The third-order valence-corrected chi connectivity index (χ3v) is 22.0. The summed E-state index contributed by atoms with van der Waals surface area (Å²) in [5.74, 6) is 0. The van der Waals surface area contributed by atoms with Crippen molar-refractivity contribution in [1.82, 2.24) is 0 Å². The fraction of sp³-hybridized carbons (Fsp3) is 0.345. The topological polar surface area (TPSA) is 89.6 Å². The molecule has 0 N–H and O–H groups in total. The van der Waals surface area contributed by atoms with Crippen molar-refractivity contribution in [2.75, 3.05) is 69.3 Å². The lowest BCUT2D eigenvalue weighted by Crippen LogP contribution is -2.57. The zero-order valence-corrected chi connectivity index (χ0v) is 54.6. The molecule has 398 valence electrons. The maximum Gasteiger partial charge on any atom is 0.537 e. The van der Waals surface area contributed by atoms with E-state index in [9.17, 15) is 0 Å². The molecule has 6 aromatic carbocycles. The van der Waals surface area contributed by atoms with Gasteiger partial charge in [-0.25, -0.2) is 0 Å². The Balaban J connectivity index is 0.000000487. The molecule has 0 atom stereocenters. The van der Waals surface area contributed by atoms with Crippen molar-refractivity contribution in [3.05, 3.63) is 156 Å². The van der Waals surface area contributed by atoms with E-state index < -0.39 is 26.4 Å². The molecule has 0 fully saturated rings. The Kier molecular flexibility index (Phi) is 30.0. The molecule has 0 amide bonds. The van der Waals surface area contributed by atoms with Gasteiger partial charge in [-0.05, 0) is 239 Å². The molecule has 18 heteroatoms. The van der Waals surface area contributed by atoms with Gasteiger partial charge in [0.1, 0.15) is 0 Å². The molecular weight excluding hydrogens is 1420 g/mol. The van der Waals surface area contributed by atoms with Crippen LogP contribution < -0.4 is 25.4 Å². The predicted molar refractivity (Wildman–Crippen MR) is 343 cm³/mol. The van der Waals surface area contributed by atoms with Crippen LogP contribution in [0.3, 0.4) is 0 Å². The van der Waals surface area contributed by atoms with Crippen LogP contribution in [0.15, 0.2) is 146 Å². The first-order valence-corrected chi connectivity index (χ1v) is 32.8. The van der Waals surface area contributed by atoms with Gasteiger partial charge in [-0.3, -0.25) is 0 Å². The van der Waals surface area contributed by atoms with Crippen molar-refractivity contribution in [1.29, 1.82) is 0 Å². The van der Waals surface area contributed by atoms with Gasteiger partial charge in [0.2, 0.25) is 0 Å². The van der Waals surface area contributed by atoms with E-state index in [0.717, 1.165) is 32.6 Å². The molecular formula is C55H74I4N2O9Si3. The smallest absolute Gasteiger partial charge is 0.370 e. The Morgan fingerprint density at radius 3 is 0.548 bits per heavy atom. The highest BCUT2D eigenvalue weighted by atomic mass is 127. The molecule has 0 radical (unpaired) electrons. The van der Waals surface area contributed by atoms with Gasteiger partial charge in [0.25, 0.3) is 0 Å². The Labute approximate surface area is 497 Å². The molecule has 73 heavy (non-hydrogen) atoms. The van der Waals surface area contributed by atoms with Crippen LogP contribution in [-0.4, -0.2) is 85.9 Å². The number of nitrogens with zero attached hydrogens (tertiary/aromatic N) is 2. The summed E-state index contributed by atoms with van der Waals surface area (Å²) in [7, 11) is -9.26. The van der Waals surface area contributed by atoms with Gasteiger partial charge in [0, 0.05) is 120 Å². The molecule has 0 aliphatic rings. The molecule has 0 saturated heterocycles. The van der Waals surface area contributed by atoms with Crippen LogP contribution in [0.1, 0.15) is 69.7 Å². The van der Waals surface area contributed by atoms with E-state index in [4.69, 9.17) is 39.8 Å². The summed E-state index contributed by atoms with van der Waals surface area (Å²) in [5, 5.41) is 2.73. The number of benzene rings is 6. The fourth-order valence-corrected chi connectivity index (χ4v) is 16.4.